The van der Waals surface area contributed by atoms with E-state index in [1.807, 2.05) is 12.1 Å². The number of phenolic OH excluding ortho intramolecular Hbond substituents is 1. The number of aliphatic hydroxyl groups is 2. The zero-order valence-electron chi connectivity index (χ0n) is 26.1. The van der Waals surface area contributed by atoms with E-state index in [4.69, 9.17) is 37.0 Å². The van der Waals surface area contributed by atoms with Crippen LogP contribution in [0.1, 0.15) is 54.4 Å². The van der Waals surface area contributed by atoms with Gasteiger partial charge in [0.15, 0.2) is 12.2 Å². The van der Waals surface area contributed by atoms with Crippen molar-refractivity contribution in [2.24, 2.45) is 16.5 Å². The Bertz CT molecular complexity index is 1430. The van der Waals surface area contributed by atoms with Crippen LogP contribution in [0.25, 0.3) is 10.9 Å². The van der Waals surface area contributed by atoms with Crippen LogP contribution < -0.4 is 16.8 Å². The number of aldehydes is 1. The fourth-order valence-electron chi connectivity index (χ4n) is 3.56. The first-order valence-electron chi connectivity index (χ1n) is 14.5. The predicted octanol–water partition coefficient (Wildman–Crippen LogP) is 2.77. The molecular weight excluding hydrogens is 643 g/mol. The third-order valence-corrected chi connectivity index (χ3v) is 5.84. The van der Waals surface area contributed by atoms with Gasteiger partial charge in [0, 0.05) is 48.8 Å². The van der Waals surface area contributed by atoms with E-state index in [0.29, 0.717) is 31.4 Å². The van der Waals surface area contributed by atoms with E-state index in [0.717, 1.165) is 35.6 Å². The SMILES string of the molecule is NC(N)=NCCCCCC(=O)O.O=C(NCCCCO)C(F)(F)F.O=Cc1cn(CC(=O)O)c2ccccc12.OCc1ccc(O)cc1. The Kier molecular flexibility index (Phi) is 21.5. The molecule has 0 atom stereocenters. The van der Waals surface area contributed by atoms with Gasteiger partial charge in [0.05, 0.1) is 6.61 Å². The van der Waals surface area contributed by atoms with E-state index in [2.05, 4.69) is 4.99 Å². The lowest BCUT2D eigenvalue weighted by Gasteiger charge is -2.06. The van der Waals surface area contributed by atoms with Gasteiger partial charge in [-0.05, 0) is 49.4 Å². The molecule has 3 aromatic rings. The molecule has 0 saturated carbocycles. The van der Waals surface area contributed by atoms with E-state index in [1.165, 1.54) is 0 Å². The van der Waals surface area contributed by atoms with Crippen LogP contribution in [0, 0.1) is 0 Å². The van der Waals surface area contributed by atoms with Crippen LogP contribution in [0.15, 0.2) is 59.7 Å². The van der Waals surface area contributed by atoms with Gasteiger partial charge in [0.25, 0.3) is 0 Å². The predicted molar refractivity (Wildman–Crippen MR) is 171 cm³/mol. The minimum Gasteiger partial charge on any atom is -0.508 e. The van der Waals surface area contributed by atoms with Crippen LogP contribution in [0.4, 0.5) is 13.2 Å². The molecule has 10 N–H and O–H groups in total. The molecule has 0 aliphatic rings. The van der Waals surface area contributed by atoms with Gasteiger partial charge in [-0.1, -0.05) is 36.8 Å². The van der Waals surface area contributed by atoms with Crippen molar-refractivity contribution >= 4 is 41.0 Å². The number of carboxylic acids is 2. The number of nitrogens with two attached hydrogens (primary N) is 2. The van der Waals surface area contributed by atoms with E-state index >= 15 is 0 Å². The number of carboxylic acid groups (broad SMARTS) is 2. The molecule has 0 aliphatic carbocycles. The first-order chi connectivity index (χ1) is 22.7. The van der Waals surface area contributed by atoms with Crippen molar-refractivity contribution in [1.82, 2.24) is 9.88 Å². The number of aromatic nitrogens is 1. The molecule has 1 heterocycles. The van der Waals surface area contributed by atoms with Crippen molar-refractivity contribution in [3.05, 3.63) is 65.9 Å². The number of nitrogens with one attached hydrogen (secondary N) is 1. The average molecular weight is 686 g/mol. The smallest absolute Gasteiger partial charge is 0.471 e. The molecule has 48 heavy (non-hydrogen) atoms. The molecule has 3 rings (SSSR count). The summed E-state index contributed by atoms with van der Waals surface area (Å²) in [5, 5.41) is 45.0. The molecule has 1 amide bonds. The lowest BCUT2D eigenvalue weighted by Crippen LogP contribution is -2.37. The van der Waals surface area contributed by atoms with Gasteiger partial charge in [-0.3, -0.25) is 24.2 Å². The number of para-hydroxylation sites is 1. The standard InChI is InChI=1S/C11H9NO3.C7H15N3O2.C7H8O2.C6H10F3NO2/c13-7-8-5-12(6-11(14)15)10-4-2-1-3-9(8)10;8-7(9)10-5-3-1-2-4-6(11)12;8-5-6-1-3-7(9)4-2-6;7-6(8,9)5(12)10-3-1-2-4-11/h1-5,7H,6H2,(H,14,15);1-5H2,(H,11,12)(H4,8,9,10);1-4,8-9H,5H2;11H,1-4H2,(H,10,12). The number of benzene rings is 2. The number of aromatic hydroxyl groups is 1. The van der Waals surface area contributed by atoms with Gasteiger partial charge in [0.1, 0.15) is 12.3 Å². The third-order valence-electron chi connectivity index (χ3n) is 5.84. The molecule has 17 heteroatoms. The van der Waals surface area contributed by atoms with Gasteiger partial charge < -0.3 is 46.9 Å². The molecule has 0 aliphatic heterocycles. The van der Waals surface area contributed by atoms with Gasteiger partial charge in [0.2, 0.25) is 0 Å². The van der Waals surface area contributed by atoms with Crippen molar-refractivity contribution in [2.45, 2.75) is 57.9 Å². The largest absolute Gasteiger partial charge is 0.508 e. The molecule has 2 aromatic carbocycles. The highest BCUT2D eigenvalue weighted by Gasteiger charge is 2.38. The van der Waals surface area contributed by atoms with Gasteiger partial charge in [-0.25, -0.2) is 0 Å². The van der Waals surface area contributed by atoms with Gasteiger partial charge >= 0.3 is 24.0 Å². The number of carbonyl (C=O) groups excluding carboxylic acids is 2. The zero-order valence-corrected chi connectivity index (χ0v) is 26.1. The van der Waals surface area contributed by atoms with E-state index < -0.39 is 24.0 Å². The normalized spacial score (nSPS) is 10.2. The molecule has 0 spiro atoms. The molecule has 0 bridgehead atoms. The summed E-state index contributed by atoms with van der Waals surface area (Å²) in [4.78, 5) is 45.3. The van der Waals surface area contributed by atoms with Crippen LogP contribution in [0.3, 0.4) is 0 Å². The van der Waals surface area contributed by atoms with Crippen LogP contribution in [0.5, 0.6) is 5.75 Å². The number of unbranched alkanes of at least 4 members (excludes halogenated alkanes) is 3. The fraction of sp³-hybridized carbons (Fsp3) is 0.387. The Morgan fingerprint density at radius 2 is 1.54 bits per heavy atom. The number of amides is 1. The molecule has 0 saturated heterocycles. The minimum atomic E-state index is -4.81. The highest BCUT2D eigenvalue weighted by molar-refractivity contribution is 5.98. The Morgan fingerprint density at radius 3 is 2.06 bits per heavy atom. The van der Waals surface area contributed by atoms with E-state index in [1.54, 1.807) is 52.5 Å². The van der Waals surface area contributed by atoms with Crippen molar-refractivity contribution in [2.75, 3.05) is 19.7 Å². The number of phenols is 1. The van der Waals surface area contributed by atoms with Crippen LogP contribution >= 0.6 is 0 Å². The maximum Gasteiger partial charge on any atom is 0.471 e. The number of halogens is 3. The summed E-state index contributed by atoms with van der Waals surface area (Å²) in [7, 11) is 0. The molecular formula is C31H42F3N5O9. The van der Waals surface area contributed by atoms with Gasteiger partial charge in [-0.15, -0.1) is 0 Å². The average Bonchev–Trinajstić information content (AvgIpc) is 3.38. The van der Waals surface area contributed by atoms with Gasteiger partial charge in [-0.2, -0.15) is 13.2 Å². The number of nitrogens with zero attached hydrogens (tertiary/aromatic N) is 2. The highest BCUT2D eigenvalue weighted by Crippen LogP contribution is 2.19. The number of rotatable bonds is 14. The van der Waals surface area contributed by atoms with E-state index in [9.17, 15) is 32.3 Å². The third kappa shape index (κ3) is 20.1. The first-order valence-corrected chi connectivity index (χ1v) is 14.5. The molecule has 266 valence electrons. The van der Waals surface area contributed by atoms with Crippen LogP contribution in [-0.4, -0.2) is 86.1 Å². The van der Waals surface area contributed by atoms with Crippen molar-refractivity contribution in [3.63, 3.8) is 0 Å². The summed E-state index contributed by atoms with van der Waals surface area (Å²) in [6.07, 6.45) is 0.827. The number of carbonyl (C=O) groups is 4. The second-order valence-corrected chi connectivity index (χ2v) is 9.76. The Balaban J connectivity index is 0.000000624. The van der Waals surface area contributed by atoms with Crippen LogP contribution in [-0.2, 0) is 27.5 Å². The zero-order chi connectivity index (χ0) is 36.5. The van der Waals surface area contributed by atoms with Crippen molar-refractivity contribution < 1.29 is 57.9 Å². The monoisotopic (exact) mass is 685 g/mol. The number of hydrogen-bond donors (Lipinski definition) is 8. The van der Waals surface area contributed by atoms with Crippen molar-refractivity contribution in [3.8, 4) is 5.75 Å². The maximum atomic E-state index is 11.5. The van der Waals surface area contributed by atoms with Crippen LogP contribution in [0.2, 0.25) is 0 Å². The number of aliphatic carboxylic acids is 2. The molecule has 0 unspecified atom stereocenters. The van der Waals surface area contributed by atoms with Crippen molar-refractivity contribution in [1.29, 1.82) is 0 Å². The molecule has 0 radical (unpaired) electrons. The fourth-order valence-corrected chi connectivity index (χ4v) is 3.56. The second-order valence-electron chi connectivity index (χ2n) is 9.76. The number of hydrogen-bond acceptors (Lipinski definition) is 8. The Labute approximate surface area is 274 Å². The second kappa shape index (κ2) is 24.1. The molecule has 14 nitrogen and oxygen atoms in total. The number of guanidine groups is 1. The summed E-state index contributed by atoms with van der Waals surface area (Å²) in [5.74, 6) is -3.29. The minimum absolute atomic E-state index is 0.0281. The lowest BCUT2D eigenvalue weighted by molar-refractivity contribution is -0.173. The number of aliphatic hydroxyl groups excluding tert-OH is 2. The number of alkyl halides is 3. The summed E-state index contributed by atoms with van der Waals surface area (Å²) in [6.45, 7) is 0.345. The Morgan fingerprint density at radius 1 is 0.896 bits per heavy atom. The number of aliphatic imine (C=N–C) groups is 1. The maximum absolute atomic E-state index is 11.5. The first kappa shape index (κ1) is 42.8. The topological polar surface area (TPSA) is 251 Å². The molecule has 1 aromatic heterocycles. The number of fused-ring (bicyclic) bond motifs is 1. The Hall–Kier alpha value is -5.16. The molecule has 0 fully saturated rings. The summed E-state index contributed by atoms with van der Waals surface area (Å²) < 4.78 is 36.0. The quantitative estimate of drug-likeness (QED) is 0.0530. The van der Waals surface area contributed by atoms with E-state index in [-0.39, 0.29) is 44.4 Å². The highest BCUT2D eigenvalue weighted by atomic mass is 19.4. The summed E-state index contributed by atoms with van der Waals surface area (Å²) in [6, 6.07) is 13.7. The summed E-state index contributed by atoms with van der Waals surface area (Å²) >= 11 is 0. The lowest BCUT2D eigenvalue weighted by atomic mass is 10.2. The summed E-state index contributed by atoms with van der Waals surface area (Å²) in [5.41, 5.74) is 12.3.